The lowest BCUT2D eigenvalue weighted by Gasteiger charge is -2.26. The van der Waals surface area contributed by atoms with E-state index in [2.05, 4.69) is 51.4 Å². The zero-order valence-corrected chi connectivity index (χ0v) is 15.5. The normalized spacial score (nSPS) is 18.8. The minimum absolute atomic E-state index is 0. The van der Waals surface area contributed by atoms with Crippen molar-refractivity contribution in [3.05, 3.63) is 35.4 Å². The average Bonchev–Trinajstić information content (AvgIpc) is 2.92. The number of benzene rings is 1. The number of hydrogen-bond donors (Lipinski definition) is 1. The second-order valence-corrected chi connectivity index (χ2v) is 5.69. The van der Waals surface area contributed by atoms with Gasteiger partial charge in [0.15, 0.2) is 5.96 Å². The molecule has 0 amide bonds. The van der Waals surface area contributed by atoms with Crippen LogP contribution in [0.1, 0.15) is 11.1 Å². The molecule has 3 rings (SSSR count). The Morgan fingerprint density at radius 1 is 1.18 bits per heavy atom. The molecule has 0 unspecified atom stereocenters. The Morgan fingerprint density at radius 2 is 1.95 bits per heavy atom. The minimum atomic E-state index is 0. The van der Waals surface area contributed by atoms with Crippen molar-refractivity contribution >= 4 is 29.9 Å². The highest BCUT2D eigenvalue weighted by Crippen LogP contribution is 2.10. The van der Waals surface area contributed by atoms with Crippen molar-refractivity contribution in [2.24, 2.45) is 4.99 Å². The van der Waals surface area contributed by atoms with Gasteiger partial charge < -0.3 is 15.0 Å². The van der Waals surface area contributed by atoms with Gasteiger partial charge in [-0.15, -0.1) is 24.0 Å². The summed E-state index contributed by atoms with van der Waals surface area (Å²) in [6.45, 7) is 7.53. The van der Waals surface area contributed by atoms with Crippen molar-refractivity contribution < 1.29 is 4.74 Å². The molecule has 5 nitrogen and oxygen atoms in total. The van der Waals surface area contributed by atoms with E-state index in [1.807, 2.05) is 0 Å². The Kier molecular flexibility index (Phi) is 6.91. The van der Waals surface area contributed by atoms with E-state index in [0.717, 1.165) is 58.4 Å². The van der Waals surface area contributed by atoms with E-state index in [-0.39, 0.29) is 24.0 Å². The zero-order valence-electron chi connectivity index (χ0n) is 13.1. The molecule has 22 heavy (non-hydrogen) atoms. The number of morpholine rings is 1. The molecule has 122 valence electrons. The fraction of sp³-hybridized carbons (Fsp3) is 0.562. The third-order valence-electron chi connectivity index (χ3n) is 4.01. The first-order chi connectivity index (χ1) is 10.3. The van der Waals surface area contributed by atoms with Crippen molar-refractivity contribution in [3.8, 4) is 0 Å². The van der Waals surface area contributed by atoms with Crippen LogP contribution in [0.4, 0.5) is 0 Å². The standard InChI is InChI=1S/C16H24N4O.HI/c1-19-6-5-17-16(19)18-12-14-3-2-4-15(11-14)13-20-7-9-21-10-8-20;/h2-4,11H,5-10,12-13H2,1H3,(H,17,18);1H. The number of rotatable bonds is 4. The molecule has 1 aromatic rings. The van der Waals surface area contributed by atoms with E-state index in [4.69, 9.17) is 4.74 Å². The van der Waals surface area contributed by atoms with Gasteiger partial charge in [-0.2, -0.15) is 0 Å². The van der Waals surface area contributed by atoms with Crippen LogP contribution in [0.25, 0.3) is 0 Å². The molecule has 0 bridgehead atoms. The number of guanidine groups is 1. The Labute approximate surface area is 149 Å². The highest BCUT2D eigenvalue weighted by molar-refractivity contribution is 14.0. The van der Waals surface area contributed by atoms with Crippen molar-refractivity contribution in [2.75, 3.05) is 46.4 Å². The molecule has 0 saturated carbocycles. The van der Waals surface area contributed by atoms with Gasteiger partial charge in [0.2, 0.25) is 0 Å². The largest absolute Gasteiger partial charge is 0.379 e. The van der Waals surface area contributed by atoms with Crippen LogP contribution < -0.4 is 5.32 Å². The molecule has 0 spiro atoms. The molecule has 0 aliphatic carbocycles. The molecular formula is C16H25IN4O. The molecule has 0 aromatic heterocycles. The van der Waals surface area contributed by atoms with E-state index >= 15 is 0 Å². The number of aliphatic imine (C=N–C) groups is 1. The lowest BCUT2D eigenvalue weighted by molar-refractivity contribution is 0.0342. The van der Waals surface area contributed by atoms with Crippen LogP contribution in [0.15, 0.2) is 29.3 Å². The summed E-state index contributed by atoms with van der Waals surface area (Å²) >= 11 is 0. The molecule has 0 atom stereocenters. The number of likely N-dealkylation sites (N-methyl/N-ethyl adjacent to an activating group) is 1. The van der Waals surface area contributed by atoms with Gasteiger partial charge in [-0.25, -0.2) is 0 Å². The van der Waals surface area contributed by atoms with E-state index < -0.39 is 0 Å². The maximum atomic E-state index is 5.40. The summed E-state index contributed by atoms with van der Waals surface area (Å²) in [7, 11) is 2.08. The highest BCUT2D eigenvalue weighted by atomic mass is 127. The Bertz CT molecular complexity index is 503. The van der Waals surface area contributed by atoms with Crippen molar-refractivity contribution in [2.45, 2.75) is 13.1 Å². The number of nitrogens with zero attached hydrogens (tertiary/aromatic N) is 3. The monoisotopic (exact) mass is 416 g/mol. The maximum absolute atomic E-state index is 5.40. The first-order valence-electron chi connectivity index (χ1n) is 7.68. The highest BCUT2D eigenvalue weighted by Gasteiger charge is 2.12. The lowest BCUT2D eigenvalue weighted by Crippen LogP contribution is -2.36. The summed E-state index contributed by atoms with van der Waals surface area (Å²) in [6.07, 6.45) is 0. The molecule has 1 N–H and O–H groups in total. The van der Waals surface area contributed by atoms with Crippen LogP contribution >= 0.6 is 24.0 Å². The minimum Gasteiger partial charge on any atom is -0.379 e. The third kappa shape index (κ3) is 4.82. The molecule has 0 radical (unpaired) electrons. The van der Waals surface area contributed by atoms with Gasteiger partial charge in [0.05, 0.1) is 19.8 Å². The fourth-order valence-electron chi connectivity index (χ4n) is 2.76. The molecule has 6 heteroatoms. The molecule has 1 fully saturated rings. The topological polar surface area (TPSA) is 40.1 Å². The van der Waals surface area contributed by atoms with Gasteiger partial charge in [-0.1, -0.05) is 24.3 Å². The number of ether oxygens (including phenoxy) is 1. The van der Waals surface area contributed by atoms with Gasteiger partial charge >= 0.3 is 0 Å². The first kappa shape index (κ1) is 17.5. The van der Waals surface area contributed by atoms with Gasteiger partial charge in [0.25, 0.3) is 0 Å². The van der Waals surface area contributed by atoms with E-state index in [9.17, 15) is 0 Å². The number of nitrogens with one attached hydrogen (secondary N) is 1. The predicted octanol–water partition coefficient (Wildman–Crippen LogP) is 1.53. The van der Waals surface area contributed by atoms with E-state index in [1.54, 1.807) is 0 Å². The van der Waals surface area contributed by atoms with Crippen LogP contribution in [0.3, 0.4) is 0 Å². The van der Waals surface area contributed by atoms with Gasteiger partial charge in [-0.05, 0) is 11.1 Å². The summed E-state index contributed by atoms with van der Waals surface area (Å²) in [6, 6.07) is 8.81. The average molecular weight is 416 g/mol. The van der Waals surface area contributed by atoms with Crippen LogP contribution in [-0.4, -0.2) is 62.2 Å². The SMILES string of the molecule is CN1CCN=C1NCc1cccc(CN2CCOCC2)c1.I. The van der Waals surface area contributed by atoms with Crippen LogP contribution in [-0.2, 0) is 17.8 Å². The summed E-state index contributed by atoms with van der Waals surface area (Å²) in [5, 5.41) is 3.42. The maximum Gasteiger partial charge on any atom is 0.194 e. The first-order valence-corrected chi connectivity index (χ1v) is 7.68. The number of halogens is 1. The Balaban J connectivity index is 0.00000176. The van der Waals surface area contributed by atoms with Crippen LogP contribution in [0.2, 0.25) is 0 Å². The van der Waals surface area contributed by atoms with Crippen molar-refractivity contribution in [1.82, 2.24) is 15.1 Å². The van der Waals surface area contributed by atoms with E-state index in [0.29, 0.717) is 0 Å². The fourth-order valence-corrected chi connectivity index (χ4v) is 2.76. The molecule has 2 heterocycles. The summed E-state index contributed by atoms with van der Waals surface area (Å²) in [5.74, 6) is 1.01. The molecule has 2 aliphatic heterocycles. The predicted molar refractivity (Wildman–Crippen MR) is 99.7 cm³/mol. The van der Waals surface area contributed by atoms with Gasteiger partial charge in [0, 0.05) is 39.8 Å². The van der Waals surface area contributed by atoms with Crippen molar-refractivity contribution in [3.63, 3.8) is 0 Å². The smallest absolute Gasteiger partial charge is 0.194 e. The summed E-state index contributed by atoms with van der Waals surface area (Å²) in [5.41, 5.74) is 2.68. The second kappa shape index (κ2) is 8.69. The number of hydrogen-bond acceptors (Lipinski definition) is 5. The van der Waals surface area contributed by atoms with Crippen LogP contribution in [0, 0.1) is 0 Å². The van der Waals surface area contributed by atoms with Crippen molar-refractivity contribution in [1.29, 1.82) is 0 Å². The van der Waals surface area contributed by atoms with Crippen LogP contribution in [0.5, 0.6) is 0 Å². The molecule has 1 aromatic carbocycles. The third-order valence-corrected chi connectivity index (χ3v) is 4.01. The molecule has 1 saturated heterocycles. The molecular weight excluding hydrogens is 391 g/mol. The summed E-state index contributed by atoms with van der Waals surface area (Å²) in [4.78, 5) is 9.07. The van der Waals surface area contributed by atoms with E-state index in [1.165, 1.54) is 11.1 Å². The Hall–Kier alpha value is -0.860. The van der Waals surface area contributed by atoms with Gasteiger partial charge in [0.1, 0.15) is 0 Å². The molecule has 2 aliphatic rings. The lowest BCUT2D eigenvalue weighted by atomic mass is 10.1. The second-order valence-electron chi connectivity index (χ2n) is 5.69. The zero-order chi connectivity index (χ0) is 14.5. The Morgan fingerprint density at radius 3 is 2.68 bits per heavy atom. The quantitative estimate of drug-likeness (QED) is 0.756. The van der Waals surface area contributed by atoms with Gasteiger partial charge in [-0.3, -0.25) is 9.89 Å². The summed E-state index contributed by atoms with van der Waals surface area (Å²) < 4.78 is 5.40.